The van der Waals surface area contributed by atoms with Crippen LogP contribution in [0.25, 0.3) is 0 Å². The average molecular weight is 425 g/mol. The van der Waals surface area contributed by atoms with Gasteiger partial charge in [-0.15, -0.1) is 0 Å². The van der Waals surface area contributed by atoms with E-state index in [9.17, 15) is 9.90 Å². The van der Waals surface area contributed by atoms with Gasteiger partial charge in [0, 0.05) is 22.6 Å². The van der Waals surface area contributed by atoms with Crippen LogP contribution in [0.5, 0.6) is 11.5 Å². The maximum absolute atomic E-state index is 12.9. The number of methoxy groups -OCH3 is 2. The Kier molecular flexibility index (Phi) is 6.84. The first-order valence-electron chi connectivity index (χ1n) is 9.31. The molecule has 0 aliphatic carbocycles. The number of ether oxygens (including phenoxy) is 2. The molecule has 0 unspecified atom stereocenters. The smallest absolute Gasteiger partial charge is 0.255 e. The summed E-state index contributed by atoms with van der Waals surface area (Å²) in [6, 6.07) is 11.2. The van der Waals surface area contributed by atoms with E-state index in [0.717, 1.165) is 44.4 Å². The van der Waals surface area contributed by atoms with Crippen LogP contribution in [0, 0.1) is 0 Å². The minimum Gasteiger partial charge on any atom is -0.515 e. The monoisotopic (exact) mass is 424 g/mol. The Balaban J connectivity index is 1.99. The summed E-state index contributed by atoms with van der Waals surface area (Å²) < 4.78 is 10.7. The lowest BCUT2D eigenvalue weighted by Gasteiger charge is -2.29. The number of hydrogen-bond donors (Lipinski definition) is 2. The van der Waals surface area contributed by atoms with Gasteiger partial charge in [-0.05, 0) is 54.5 Å². The number of aliphatic hydroxyl groups excluding tert-OH is 1. The van der Waals surface area contributed by atoms with Crippen LogP contribution in [-0.2, 0) is 4.79 Å². The van der Waals surface area contributed by atoms with Gasteiger partial charge in [-0.3, -0.25) is 9.79 Å². The zero-order chi connectivity index (χ0) is 21.7. The van der Waals surface area contributed by atoms with E-state index in [0.29, 0.717) is 0 Å². The van der Waals surface area contributed by atoms with Crippen molar-refractivity contribution in [3.05, 3.63) is 71.5 Å². The van der Waals surface area contributed by atoms with E-state index in [1.54, 1.807) is 45.2 Å². The molecule has 1 aliphatic heterocycles. The van der Waals surface area contributed by atoms with Gasteiger partial charge in [0.05, 0.1) is 32.1 Å². The Hall–Kier alpha value is -3.19. The molecule has 0 atom stereocenters. The molecule has 1 heterocycles. The van der Waals surface area contributed by atoms with Crippen LogP contribution >= 0.6 is 11.8 Å². The Morgan fingerprint density at radius 2 is 1.63 bits per heavy atom. The van der Waals surface area contributed by atoms with E-state index >= 15 is 0 Å². The third-order valence-electron chi connectivity index (χ3n) is 4.82. The molecule has 30 heavy (non-hydrogen) atoms. The second-order valence-corrected chi connectivity index (χ2v) is 7.68. The van der Waals surface area contributed by atoms with E-state index in [4.69, 9.17) is 9.47 Å². The lowest BCUT2D eigenvalue weighted by atomic mass is 9.97. The number of rotatable bonds is 6. The SMILES string of the molecule is CN=C(C)/C=C\C(=C\O)C(=O)NC1c2ccc(OC)cc2Sc2cc(OC)ccc21. The van der Waals surface area contributed by atoms with E-state index in [1.807, 2.05) is 43.3 Å². The molecule has 2 aromatic carbocycles. The van der Waals surface area contributed by atoms with Crippen molar-refractivity contribution >= 4 is 23.4 Å². The number of fused-ring (bicyclic) bond motifs is 2. The molecule has 2 aromatic rings. The fourth-order valence-electron chi connectivity index (χ4n) is 3.06. The van der Waals surface area contributed by atoms with Gasteiger partial charge in [0.15, 0.2) is 0 Å². The molecule has 6 nitrogen and oxygen atoms in total. The number of aliphatic imine (C=N–C) groups is 1. The molecular weight excluding hydrogens is 400 g/mol. The minimum absolute atomic E-state index is 0.140. The van der Waals surface area contributed by atoms with Gasteiger partial charge in [0.25, 0.3) is 5.91 Å². The second-order valence-electron chi connectivity index (χ2n) is 6.60. The largest absolute Gasteiger partial charge is 0.515 e. The number of carbonyl (C=O) groups is 1. The molecule has 3 rings (SSSR count). The summed E-state index contributed by atoms with van der Waals surface area (Å²) in [6.07, 6.45) is 4.02. The standard InChI is InChI=1S/C23H24N2O4S/c1-14(24-2)5-6-15(13-26)23(27)25-22-18-9-7-16(28-3)11-20(18)30-21-12-17(29-4)8-10-19(21)22/h5-13,22,26H,1-4H3,(H,25,27)/b6-5-,15-13-,24-14?. The lowest BCUT2D eigenvalue weighted by Crippen LogP contribution is -2.32. The van der Waals surface area contributed by atoms with Crippen molar-refractivity contribution in [1.82, 2.24) is 5.32 Å². The Morgan fingerprint density at radius 3 is 2.10 bits per heavy atom. The zero-order valence-electron chi connectivity index (χ0n) is 17.3. The molecular formula is C23H24N2O4S. The van der Waals surface area contributed by atoms with Crippen LogP contribution in [-0.4, -0.2) is 38.0 Å². The Morgan fingerprint density at radius 1 is 1.07 bits per heavy atom. The van der Waals surface area contributed by atoms with Crippen LogP contribution in [0.1, 0.15) is 24.1 Å². The normalized spacial score (nSPS) is 14.3. The predicted octanol–water partition coefficient (Wildman–Crippen LogP) is 4.46. The molecule has 0 saturated carbocycles. The highest BCUT2D eigenvalue weighted by atomic mass is 32.2. The van der Waals surface area contributed by atoms with Crippen molar-refractivity contribution in [2.24, 2.45) is 4.99 Å². The molecule has 0 bridgehead atoms. The third kappa shape index (κ3) is 4.52. The first-order valence-corrected chi connectivity index (χ1v) is 10.1. The van der Waals surface area contributed by atoms with E-state index in [-0.39, 0.29) is 11.6 Å². The lowest BCUT2D eigenvalue weighted by molar-refractivity contribution is -0.117. The average Bonchev–Trinajstić information content (AvgIpc) is 2.78. The first kappa shape index (κ1) is 21.5. The van der Waals surface area contributed by atoms with Gasteiger partial charge in [0.1, 0.15) is 11.5 Å². The Labute approximate surface area is 180 Å². The minimum atomic E-state index is -0.391. The van der Waals surface area contributed by atoms with Crippen LogP contribution in [0.4, 0.5) is 0 Å². The first-order chi connectivity index (χ1) is 14.5. The van der Waals surface area contributed by atoms with Crippen molar-refractivity contribution in [2.75, 3.05) is 21.3 Å². The van der Waals surface area contributed by atoms with Gasteiger partial charge in [-0.25, -0.2) is 0 Å². The highest BCUT2D eigenvalue weighted by molar-refractivity contribution is 7.99. The summed E-state index contributed by atoms with van der Waals surface area (Å²) in [5, 5.41) is 12.6. The number of hydrogen-bond acceptors (Lipinski definition) is 6. The quantitative estimate of drug-likeness (QED) is 0.310. The molecule has 7 heteroatoms. The number of carbonyl (C=O) groups excluding carboxylic acids is 1. The van der Waals surface area contributed by atoms with Crippen LogP contribution in [0.2, 0.25) is 0 Å². The molecule has 156 valence electrons. The summed E-state index contributed by atoms with van der Waals surface area (Å²) in [4.78, 5) is 18.9. The molecule has 1 aliphatic rings. The van der Waals surface area contributed by atoms with Gasteiger partial charge >= 0.3 is 0 Å². The van der Waals surface area contributed by atoms with Crippen LogP contribution in [0.3, 0.4) is 0 Å². The van der Waals surface area contributed by atoms with Crippen LogP contribution in [0.15, 0.2) is 75.2 Å². The molecule has 0 saturated heterocycles. The zero-order valence-corrected chi connectivity index (χ0v) is 18.1. The van der Waals surface area contributed by atoms with Crippen molar-refractivity contribution in [3.63, 3.8) is 0 Å². The molecule has 0 fully saturated rings. The molecule has 0 radical (unpaired) electrons. The number of nitrogens with one attached hydrogen (secondary N) is 1. The van der Waals surface area contributed by atoms with Crippen molar-refractivity contribution in [1.29, 1.82) is 0 Å². The molecule has 1 amide bonds. The van der Waals surface area contributed by atoms with E-state index in [1.165, 1.54) is 0 Å². The highest BCUT2D eigenvalue weighted by Gasteiger charge is 2.29. The summed E-state index contributed by atoms with van der Waals surface area (Å²) >= 11 is 1.60. The van der Waals surface area contributed by atoms with Gasteiger partial charge in [0.2, 0.25) is 0 Å². The summed E-state index contributed by atoms with van der Waals surface area (Å²) in [6.45, 7) is 1.81. The maximum atomic E-state index is 12.9. The van der Waals surface area contributed by atoms with Crippen molar-refractivity contribution in [3.8, 4) is 11.5 Å². The van der Waals surface area contributed by atoms with Crippen molar-refractivity contribution in [2.45, 2.75) is 22.8 Å². The number of nitrogens with zero attached hydrogens (tertiary/aromatic N) is 1. The molecule has 2 N–H and O–H groups in total. The van der Waals surface area contributed by atoms with Crippen molar-refractivity contribution < 1.29 is 19.4 Å². The Bertz CT molecular complexity index is 990. The summed E-state index contributed by atoms with van der Waals surface area (Å²) in [5.41, 5.74) is 2.80. The number of aliphatic hydroxyl groups is 1. The molecule has 0 aromatic heterocycles. The predicted molar refractivity (Wildman–Crippen MR) is 119 cm³/mol. The fraction of sp³-hybridized carbons (Fsp3) is 0.217. The van der Waals surface area contributed by atoms with E-state index < -0.39 is 5.91 Å². The topological polar surface area (TPSA) is 80.2 Å². The fourth-order valence-corrected chi connectivity index (χ4v) is 4.25. The number of amides is 1. The summed E-state index contributed by atoms with van der Waals surface area (Å²) in [5.74, 6) is 1.09. The van der Waals surface area contributed by atoms with Gasteiger partial charge in [-0.1, -0.05) is 23.9 Å². The highest BCUT2D eigenvalue weighted by Crippen LogP contribution is 2.47. The van der Waals surface area contributed by atoms with E-state index in [2.05, 4.69) is 10.3 Å². The second kappa shape index (κ2) is 9.54. The summed E-state index contributed by atoms with van der Waals surface area (Å²) in [7, 11) is 4.91. The van der Waals surface area contributed by atoms with Crippen LogP contribution < -0.4 is 14.8 Å². The molecule has 0 spiro atoms. The maximum Gasteiger partial charge on any atom is 0.255 e. The van der Waals surface area contributed by atoms with Gasteiger partial charge in [-0.2, -0.15) is 0 Å². The van der Waals surface area contributed by atoms with Gasteiger partial charge < -0.3 is 19.9 Å². The number of allylic oxidation sites excluding steroid dienone is 1. The third-order valence-corrected chi connectivity index (χ3v) is 5.96. The number of benzene rings is 2.